The van der Waals surface area contributed by atoms with Gasteiger partial charge in [0.25, 0.3) is 0 Å². The van der Waals surface area contributed by atoms with E-state index in [9.17, 15) is 5.11 Å². The summed E-state index contributed by atoms with van der Waals surface area (Å²) in [5.74, 6) is 0. The molecule has 6 nitrogen and oxygen atoms in total. The topological polar surface area (TPSA) is 99.4 Å². The van der Waals surface area contributed by atoms with Crippen LogP contribution in [0.5, 0.6) is 0 Å². The van der Waals surface area contributed by atoms with Crippen molar-refractivity contribution < 1.29 is 29.9 Å². The van der Waals surface area contributed by atoms with Gasteiger partial charge in [-0.1, -0.05) is 0 Å². The van der Waals surface area contributed by atoms with Gasteiger partial charge in [0.1, 0.15) is 12.2 Å². The van der Waals surface area contributed by atoms with Crippen LogP contribution in [0.15, 0.2) is 0 Å². The van der Waals surface area contributed by atoms with Crippen LogP contribution in [0.2, 0.25) is 0 Å². The van der Waals surface area contributed by atoms with Crippen molar-refractivity contribution in [2.24, 2.45) is 0 Å². The Morgan fingerprint density at radius 2 is 1.56 bits per heavy atom. The third kappa shape index (κ3) is 7.98. The second-order valence-corrected chi connectivity index (χ2v) is 4.26. The molecule has 0 aromatic rings. The van der Waals surface area contributed by atoms with Crippen molar-refractivity contribution in [3.05, 3.63) is 0 Å². The van der Waals surface area contributed by atoms with Crippen LogP contribution < -0.4 is 0 Å². The minimum absolute atomic E-state index is 0.0125. The lowest BCUT2D eigenvalue weighted by molar-refractivity contribution is -0.103. The predicted octanol–water partition coefficient (Wildman–Crippen LogP) is -1.50. The van der Waals surface area contributed by atoms with E-state index in [0.29, 0.717) is 0 Å². The van der Waals surface area contributed by atoms with Gasteiger partial charge in [-0.15, -0.1) is 0 Å². The number of aliphatic hydroxyl groups is 4. The lowest BCUT2D eigenvalue weighted by Crippen LogP contribution is -2.34. The summed E-state index contributed by atoms with van der Waals surface area (Å²) in [4.78, 5) is 0. The maximum absolute atomic E-state index is 9.42. The Labute approximate surface area is 95.4 Å². The van der Waals surface area contributed by atoms with E-state index in [4.69, 9.17) is 24.8 Å². The number of rotatable bonds is 9. The first-order valence-electron chi connectivity index (χ1n) is 5.21. The van der Waals surface area contributed by atoms with Crippen LogP contribution in [-0.4, -0.2) is 71.3 Å². The van der Waals surface area contributed by atoms with Crippen molar-refractivity contribution in [3.63, 3.8) is 0 Å². The van der Waals surface area contributed by atoms with Crippen LogP contribution in [0.25, 0.3) is 0 Å². The van der Waals surface area contributed by atoms with Gasteiger partial charge < -0.3 is 29.9 Å². The highest BCUT2D eigenvalue weighted by atomic mass is 16.5. The smallest absolute Gasteiger partial charge is 0.101 e. The molecule has 2 atom stereocenters. The highest BCUT2D eigenvalue weighted by Crippen LogP contribution is 2.07. The van der Waals surface area contributed by atoms with Crippen LogP contribution >= 0.6 is 0 Å². The summed E-state index contributed by atoms with van der Waals surface area (Å²) in [7, 11) is 0. The van der Waals surface area contributed by atoms with Gasteiger partial charge in [-0.25, -0.2) is 0 Å². The fraction of sp³-hybridized carbons (Fsp3) is 1.00. The van der Waals surface area contributed by atoms with E-state index in [0.717, 1.165) is 0 Å². The Hall–Kier alpha value is -0.240. The number of ether oxygens (including phenoxy) is 2. The van der Waals surface area contributed by atoms with Crippen molar-refractivity contribution >= 4 is 0 Å². The molecule has 0 aliphatic rings. The van der Waals surface area contributed by atoms with Crippen LogP contribution in [0, 0.1) is 0 Å². The summed E-state index contributed by atoms with van der Waals surface area (Å²) < 4.78 is 10.2. The zero-order valence-corrected chi connectivity index (χ0v) is 9.80. The standard InChI is InChI=1S/C10H22O6/c1-10(2,7-12)16-6-9(14)5-15-4-8(13)3-11/h8-9,11-14H,3-7H2,1-2H3. The fourth-order valence-corrected chi connectivity index (χ4v) is 0.808. The lowest BCUT2D eigenvalue weighted by atomic mass is 10.1. The van der Waals surface area contributed by atoms with E-state index < -0.39 is 17.8 Å². The lowest BCUT2D eigenvalue weighted by Gasteiger charge is -2.24. The van der Waals surface area contributed by atoms with E-state index >= 15 is 0 Å². The molecule has 0 aliphatic heterocycles. The zero-order valence-electron chi connectivity index (χ0n) is 9.80. The van der Waals surface area contributed by atoms with Gasteiger partial charge in [0, 0.05) is 0 Å². The van der Waals surface area contributed by atoms with Crippen LogP contribution in [0.3, 0.4) is 0 Å². The first-order valence-corrected chi connectivity index (χ1v) is 5.21. The monoisotopic (exact) mass is 238 g/mol. The normalized spacial score (nSPS) is 16.1. The highest BCUT2D eigenvalue weighted by Gasteiger charge is 2.18. The van der Waals surface area contributed by atoms with Gasteiger partial charge >= 0.3 is 0 Å². The van der Waals surface area contributed by atoms with Crippen LogP contribution in [0.1, 0.15) is 13.8 Å². The third-order valence-corrected chi connectivity index (χ3v) is 1.88. The molecule has 0 rings (SSSR count). The minimum atomic E-state index is -0.929. The molecule has 0 aromatic heterocycles. The second kappa shape index (κ2) is 7.94. The van der Waals surface area contributed by atoms with Crippen molar-refractivity contribution in [1.82, 2.24) is 0 Å². The highest BCUT2D eigenvalue weighted by molar-refractivity contribution is 4.67. The summed E-state index contributed by atoms with van der Waals surface area (Å²) in [5, 5.41) is 35.8. The van der Waals surface area contributed by atoms with Gasteiger partial charge in [0.15, 0.2) is 0 Å². The molecule has 0 aliphatic carbocycles. The fourth-order valence-electron chi connectivity index (χ4n) is 0.808. The molecular weight excluding hydrogens is 216 g/mol. The predicted molar refractivity (Wildman–Crippen MR) is 57.0 cm³/mol. The summed E-state index contributed by atoms with van der Waals surface area (Å²) >= 11 is 0. The average molecular weight is 238 g/mol. The molecule has 4 N–H and O–H groups in total. The van der Waals surface area contributed by atoms with Gasteiger partial charge in [-0.2, -0.15) is 0 Å². The molecule has 0 aromatic carbocycles. The number of hydrogen-bond donors (Lipinski definition) is 4. The van der Waals surface area contributed by atoms with E-state index in [1.807, 2.05) is 0 Å². The molecule has 98 valence electrons. The summed E-state index contributed by atoms with van der Waals surface area (Å²) in [6, 6.07) is 0. The number of aliphatic hydroxyl groups excluding tert-OH is 4. The maximum atomic E-state index is 9.42. The summed E-state index contributed by atoms with van der Waals surface area (Å²) in [6.07, 6.45) is -1.75. The van der Waals surface area contributed by atoms with Crippen molar-refractivity contribution in [2.75, 3.05) is 33.0 Å². The summed E-state index contributed by atoms with van der Waals surface area (Å²) in [5.41, 5.74) is -0.689. The van der Waals surface area contributed by atoms with E-state index in [2.05, 4.69) is 0 Å². The Kier molecular flexibility index (Phi) is 7.82. The Bertz CT molecular complexity index is 173. The Morgan fingerprint density at radius 1 is 1.00 bits per heavy atom. The van der Waals surface area contributed by atoms with E-state index in [-0.39, 0.29) is 33.0 Å². The second-order valence-electron chi connectivity index (χ2n) is 4.26. The quantitative estimate of drug-likeness (QED) is 0.390. The van der Waals surface area contributed by atoms with E-state index in [1.54, 1.807) is 13.8 Å². The maximum Gasteiger partial charge on any atom is 0.101 e. The molecule has 6 heteroatoms. The molecule has 0 amide bonds. The molecule has 0 bridgehead atoms. The average Bonchev–Trinajstić information content (AvgIpc) is 2.26. The van der Waals surface area contributed by atoms with Gasteiger partial charge in [-0.05, 0) is 13.8 Å². The molecular formula is C10H22O6. The molecule has 0 heterocycles. The molecule has 0 spiro atoms. The molecule has 0 saturated carbocycles. The first-order chi connectivity index (χ1) is 7.41. The minimum Gasteiger partial charge on any atom is -0.394 e. The summed E-state index contributed by atoms with van der Waals surface area (Å²) in [6.45, 7) is 2.93. The third-order valence-electron chi connectivity index (χ3n) is 1.88. The van der Waals surface area contributed by atoms with Crippen molar-refractivity contribution in [2.45, 2.75) is 31.7 Å². The van der Waals surface area contributed by atoms with E-state index in [1.165, 1.54) is 0 Å². The first kappa shape index (κ1) is 15.8. The van der Waals surface area contributed by atoms with Gasteiger partial charge in [-0.3, -0.25) is 0 Å². The SMILES string of the molecule is CC(C)(CO)OCC(O)COCC(O)CO. The van der Waals surface area contributed by atoms with Gasteiger partial charge in [0.2, 0.25) is 0 Å². The molecule has 0 saturated heterocycles. The van der Waals surface area contributed by atoms with Crippen molar-refractivity contribution in [3.8, 4) is 0 Å². The van der Waals surface area contributed by atoms with Crippen molar-refractivity contribution in [1.29, 1.82) is 0 Å². The Balaban J connectivity index is 3.55. The molecule has 2 unspecified atom stereocenters. The number of hydrogen-bond acceptors (Lipinski definition) is 6. The molecule has 0 radical (unpaired) electrons. The van der Waals surface area contributed by atoms with Crippen LogP contribution in [-0.2, 0) is 9.47 Å². The zero-order chi connectivity index (χ0) is 12.6. The Morgan fingerprint density at radius 3 is 2.06 bits per heavy atom. The largest absolute Gasteiger partial charge is 0.394 e. The van der Waals surface area contributed by atoms with Gasteiger partial charge in [0.05, 0.1) is 38.6 Å². The van der Waals surface area contributed by atoms with Crippen LogP contribution in [0.4, 0.5) is 0 Å². The molecule has 0 fully saturated rings. The molecule has 16 heavy (non-hydrogen) atoms.